The largest absolute Gasteiger partial charge is 0.284 e. The van der Waals surface area contributed by atoms with Gasteiger partial charge in [0.25, 0.3) is 0 Å². The Kier molecular flexibility index (Phi) is 3.05. The van der Waals surface area contributed by atoms with Gasteiger partial charge in [0.1, 0.15) is 0 Å². The number of hydrazine groups is 1. The summed E-state index contributed by atoms with van der Waals surface area (Å²) < 4.78 is 0. The Balaban J connectivity index is 1.77. The van der Waals surface area contributed by atoms with Gasteiger partial charge in [0.05, 0.1) is 11.7 Å². The molecule has 18 heavy (non-hydrogen) atoms. The molecule has 0 saturated carbocycles. The maximum atomic E-state index is 5.89. The van der Waals surface area contributed by atoms with Crippen LogP contribution in [0.15, 0.2) is 66.9 Å². The highest BCUT2D eigenvalue weighted by Gasteiger charge is 2.17. The van der Waals surface area contributed by atoms with Gasteiger partial charge in [0.15, 0.2) is 0 Å². The molecule has 90 valence electrons. The van der Waals surface area contributed by atoms with Crippen LogP contribution in [0.1, 0.15) is 11.6 Å². The molecule has 0 saturated heterocycles. The van der Waals surface area contributed by atoms with Gasteiger partial charge in [0, 0.05) is 11.2 Å². The molecule has 3 heteroatoms. The second kappa shape index (κ2) is 4.84. The molecule has 2 aromatic carbocycles. The molecule has 0 aliphatic carbocycles. The molecule has 0 amide bonds. The van der Waals surface area contributed by atoms with Gasteiger partial charge in [-0.1, -0.05) is 41.9 Å². The first kappa shape index (κ1) is 11.3. The molecule has 1 unspecified atom stereocenters. The first-order valence-corrected chi connectivity index (χ1v) is 6.25. The van der Waals surface area contributed by atoms with Crippen LogP contribution in [0.2, 0.25) is 5.02 Å². The van der Waals surface area contributed by atoms with Gasteiger partial charge in [-0.05, 0) is 35.9 Å². The Labute approximate surface area is 111 Å². The van der Waals surface area contributed by atoms with E-state index in [2.05, 4.69) is 29.8 Å². The third-order valence-electron chi connectivity index (χ3n) is 2.97. The number of anilines is 1. The fourth-order valence-corrected chi connectivity index (χ4v) is 2.14. The summed E-state index contributed by atoms with van der Waals surface area (Å²) in [7, 11) is 0. The number of rotatable bonds is 2. The minimum absolute atomic E-state index is 0.197. The quantitative estimate of drug-likeness (QED) is 0.876. The Bertz CT molecular complexity index is 548. The number of para-hydroxylation sites is 1. The Hall–Kier alpha value is -1.77. The molecule has 1 aliphatic heterocycles. The lowest BCUT2D eigenvalue weighted by molar-refractivity contribution is 0.671. The van der Waals surface area contributed by atoms with E-state index >= 15 is 0 Å². The molecular formula is C15H13ClN2. The molecule has 0 aromatic heterocycles. The molecule has 2 aromatic rings. The molecule has 3 rings (SSSR count). The molecule has 1 aliphatic rings. The van der Waals surface area contributed by atoms with E-state index in [4.69, 9.17) is 11.6 Å². The van der Waals surface area contributed by atoms with E-state index in [0.717, 1.165) is 10.7 Å². The molecule has 0 fully saturated rings. The topological polar surface area (TPSA) is 15.3 Å². The third kappa shape index (κ3) is 2.26. The van der Waals surface area contributed by atoms with Crippen LogP contribution in [0.5, 0.6) is 0 Å². The van der Waals surface area contributed by atoms with Crippen LogP contribution in [-0.2, 0) is 0 Å². The minimum Gasteiger partial charge on any atom is -0.284 e. The number of halogens is 1. The first-order chi connectivity index (χ1) is 8.83. The molecule has 2 nitrogen and oxygen atoms in total. The predicted octanol–water partition coefficient (Wildman–Crippen LogP) is 3.92. The number of hydrogen-bond acceptors (Lipinski definition) is 2. The monoisotopic (exact) mass is 256 g/mol. The zero-order valence-corrected chi connectivity index (χ0v) is 10.5. The summed E-state index contributed by atoms with van der Waals surface area (Å²) in [6, 6.07) is 18.3. The van der Waals surface area contributed by atoms with Crippen molar-refractivity contribution < 1.29 is 0 Å². The van der Waals surface area contributed by atoms with Crippen LogP contribution in [0, 0.1) is 0 Å². The lowest BCUT2D eigenvalue weighted by Crippen LogP contribution is -2.30. The fourth-order valence-electron chi connectivity index (χ4n) is 2.01. The third-order valence-corrected chi connectivity index (χ3v) is 3.22. The number of nitrogens with one attached hydrogen (secondary N) is 1. The molecule has 1 atom stereocenters. The lowest BCUT2D eigenvalue weighted by Gasteiger charge is -2.19. The standard InChI is InChI=1S/C15H13ClN2/c16-13-8-6-12(7-9-13)15-10-11-18(17-15)14-4-2-1-3-5-14/h1-11,15,17H. The van der Waals surface area contributed by atoms with Crippen molar-refractivity contribution in [1.82, 2.24) is 5.43 Å². The Morgan fingerprint density at radius 2 is 1.67 bits per heavy atom. The molecular weight excluding hydrogens is 244 g/mol. The molecule has 0 radical (unpaired) electrons. The smallest absolute Gasteiger partial charge is 0.0714 e. The van der Waals surface area contributed by atoms with E-state index in [-0.39, 0.29) is 6.04 Å². The first-order valence-electron chi connectivity index (χ1n) is 5.87. The summed E-state index contributed by atoms with van der Waals surface area (Å²) in [6.45, 7) is 0. The summed E-state index contributed by atoms with van der Waals surface area (Å²) in [6.07, 6.45) is 4.19. The SMILES string of the molecule is Clc1ccc(C2C=CN(c3ccccc3)N2)cc1. The summed E-state index contributed by atoms with van der Waals surface area (Å²) in [5, 5.41) is 2.79. The summed E-state index contributed by atoms with van der Waals surface area (Å²) in [5.74, 6) is 0. The van der Waals surface area contributed by atoms with E-state index in [0.29, 0.717) is 0 Å². The average molecular weight is 257 g/mol. The van der Waals surface area contributed by atoms with Crippen molar-refractivity contribution in [2.45, 2.75) is 6.04 Å². The van der Waals surface area contributed by atoms with Crippen LogP contribution in [-0.4, -0.2) is 0 Å². The van der Waals surface area contributed by atoms with Crippen molar-refractivity contribution in [3.8, 4) is 0 Å². The zero-order chi connectivity index (χ0) is 12.4. The van der Waals surface area contributed by atoms with Crippen molar-refractivity contribution in [1.29, 1.82) is 0 Å². The highest BCUT2D eigenvalue weighted by atomic mass is 35.5. The van der Waals surface area contributed by atoms with Gasteiger partial charge in [-0.15, -0.1) is 0 Å². The summed E-state index contributed by atoms with van der Waals surface area (Å²) >= 11 is 5.89. The minimum atomic E-state index is 0.197. The van der Waals surface area contributed by atoms with Gasteiger partial charge >= 0.3 is 0 Å². The van der Waals surface area contributed by atoms with Gasteiger partial charge in [-0.2, -0.15) is 0 Å². The van der Waals surface area contributed by atoms with E-state index in [9.17, 15) is 0 Å². The van der Waals surface area contributed by atoms with Gasteiger partial charge in [-0.25, -0.2) is 5.43 Å². The highest BCUT2D eigenvalue weighted by molar-refractivity contribution is 6.30. The molecule has 1 heterocycles. The van der Waals surface area contributed by atoms with E-state index in [1.54, 1.807) is 0 Å². The Morgan fingerprint density at radius 1 is 0.944 bits per heavy atom. The summed E-state index contributed by atoms with van der Waals surface area (Å²) in [5.41, 5.74) is 5.75. The normalized spacial score (nSPS) is 18.3. The number of benzene rings is 2. The van der Waals surface area contributed by atoms with Gasteiger partial charge in [0.2, 0.25) is 0 Å². The van der Waals surface area contributed by atoms with E-state index in [1.807, 2.05) is 47.5 Å². The Morgan fingerprint density at radius 3 is 2.39 bits per heavy atom. The van der Waals surface area contributed by atoms with Crippen LogP contribution in [0.25, 0.3) is 0 Å². The number of hydrogen-bond donors (Lipinski definition) is 1. The predicted molar refractivity (Wildman–Crippen MR) is 75.4 cm³/mol. The highest BCUT2D eigenvalue weighted by Crippen LogP contribution is 2.24. The summed E-state index contributed by atoms with van der Waals surface area (Å²) in [4.78, 5) is 0. The zero-order valence-electron chi connectivity index (χ0n) is 9.75. The maximum Gasteiger partial charge on any atom is 0.0714 e. The average Bonchev–Trinajstić information content (AvgIpc) is 2.90. The van der Waals surface area contributed by atoms with Crippen molar-refractivity contribution >= 4 is 17.3 Å². The number of nitrogens with zero attached hydrogens (tertiary/aromatic N) is 1. The van der Waals surface area contributed by atoms with E-state index in [1.165, 1.54) is 5.56 Å². The molecule has 0 bridgehead atoms. The fraction of sp³-hybridized carbons (Fsp3) is 0.0667. The van der Waals surface area contributed by atoms with Gasteiger partial charge < -0.3 is 0 Å². The van der Waals surface area contributed by atoms with Crippen LogP contribution in [0.4, 0.5) is 5.69 Å². The maximum absolute atomic E-state index is 5.89. The molecule has 0 spiro atoms. The van der Waals surface area contributed by atoms with Crippen LogP contribution < -0.4 is 10.4 Å². The van der Waals surface area contributed by atoms with Crippen molar-refractivity contribution in [2.24, 2.45) is 0 Å². The van der Waals surface area contributed by atoms with Crippen molar-refractivity contribution in [2.75, 3.05) is 5.01 Å². The lowest BCUT2D eigenvalue weighted by atomic mass is 10.1. The van der Waals surface area contributed by atoms with Crippen LogP contribution >= 0.6 is 11.6 Å². The van der Waals surface area contributed by atoms with Gasteiger partial charge in [-0.3, -0.25) is 5.01 Å². The molecule has 1 N–H and O–H groups in total. The van der Waals surface area contributed by atoms with Crippen molar-refractivity contribution in [3.63, 3.8) is 0 Å². The van der Waals surface area contributed by atoms with E-state index < -0.39 is 0 Å². The van der Waals surface area contributed by atoms with Crippen molar-refractivity contribution in [3.05, 3.63) is 77.5 Å². The van der Waals surface area contributed by atoms with Crippen LogP contribution in [0.3, 0.4) is 0 Å². The second-order valence-corrected chi connectivity index (χ2v) is 4.64. The second-order valence-electron chi connectivity index (χ2n) is 4.21.